The van der Waals surface area contributed by atoms with Crippen LogP contribution in [0.25, 0.3) is 0 Å². The average Bonchev–Trinajstić information content (AvgIpc) is 1.27. The van der Waals surface area contributed by atoms with E-state index in [0.717, 1.165) is 7.05 Å². The molecule has 2 N–H and O–H groups in total. The van der Waals surface area contributed by atoms with Crippen LogP contribution in [0.15, 0.2) is 0 Å². The first-order chi connectivity index (χ1) is 3.13. The van der Waals surface area contributed by atoms with E-state index in [1.54, 1.807) is 0 Å². The van der Waals surface area contributed by atoms with Gasteiger partial charge in [-0.25, -0.2) is 0 Å². The summed E-state index contributed by atoms with van der Waals surface area (Å²) in [7, 11) is 1.03. The smallest absolute Gasteiger partial charge is 0.0107 e. The third-order valence-corrected chi connectivity index (χ3v) is 0.226. The van der Waals surface area contributed by atoms with Crippen LogP contribution in [0.2, 0.25) is 0 Å². The van der Waals surface area contributed by atoms with E-state index in [1.807, 2.05) is 0 Å². The van der Waals surface area contributed by atoms with E-state index >= 15 is 0 Å². The summed E-state index contributed by atoms with van der Waals surface area (Å²) in [5, 5.41) is 26.1. The first kappa shape index (κ1) is 6.76. The largest absolute Gasteiger partial charge is 0.771 e. The van der Waals surface area contributed by atoms with Gasteiger partial charge in [0.15, 0.2) is 0 Å². The standard InChI is InChI=1S/CH5N3O3/c1-3(5)2-4(6)7/h2,6H,1H3/q-2. The fourth-order valence-corrected chi connectivity index (χ4v) is 0.120. The van der Waals surface area contributed by atoms with E-state index in [9.17, 15) is 10.4 Å². The SMILES string of the molecule is CN([O-])NN([O-])O. The van der Waals surface area contributed by atoms with Gasteiger partial charge in [-0.15, -0.1) is 0 Å². The van der Waals surface area contributed by atoms with Crippen molar-refractivity contribution in [1.82, 2.24) is 16.0 Å². The zero-order valence-electron chi connectivity index (χ0n) is 3.66. The summed E-state index contributed by atoms with van der Waals surface area (Å²) in [6.07, 6.45) is 0. The molecule has 0 atom stereocenters. The van der Waals surface area contributed by atoms with Crippen LogP contribution in [0.1, 0.15) is 0 Å². The van der Waals surface area contributed by atoms with Gasteiger partial charge in [0.1, 0.15) is 0 Å². The fraction of sp³-hybridized carbons (Fsp3) is 1.00. The minimum absolute atomic E-state index is 0.0625. The molecular formula is CH5N3O3-2. The Labute approximate surface area is 40.0 Å². The molecule has 0 aliphatic heterocycles. The number of hydrogen-bond acceptors (Lipinski definition) is 6. The predicted molar refractivity (Wildman–Crippen MR) is 21.3 cm³/mol. The molecule has 0 aliphatic carbocycles. The Morgan fingerprint density at radius 2 is 2.00 bits per heavy atom. The van der Waals surface area contributed by atoms with Crippen molar-refractivity contribution < 1.29 is 5.21 Å². The van der Waals surface area contributed by atoms with Gasteiger partial charge in [0.05, 0.1) is 0 Å². The lowest BCUT2D eigenvalue weighted by Gasteiger charge is -2.31. The highest BCUT2D eigenvalue weighted by Gasteiger charge is 1.73. The molecule has 0 radical (unpaired) electrons. The van der Waals surface area contributed by atoms with Gasteiger partial charge in [-0.2, -0.15) is 10.9 Å². The number of hydroxylamine groups is 1. The van der Waals surface area contributed by atoms with Gasteiger partial charge in [0.2, 0.25) is 0 Å². The van der Waals surface area contributed by atoms with Gasteiger partial charge < -0.3 is 20.8 Å². The van der Waals surface area contributed by atoms with E-state index in [4.69, 9.17) is 5.21 Å². The third kappa shape index (κ3) is 5.76. The molecule has 0 spiro atoms. The molecule has 0 fully saturated rings. The number of hydrogen-bond donors (Lipinski definition) is 2. The maximum atomic E-state index is 9.66. The molecule has 6 nitrogen and oxygen atoms in total. The molecule has 6 heteroatoms. The second-order valence-electron chi connectivity index (χ2n) is 0.870. The third-order valence-electron chi connectivity index (χ3n) is 0.226. The molecule has 0 heterocycles. The lowest BCUT2D eigenvalue weighted by molar-refractivity contribution is -0.132. The summed E-state index contributed by atoms with van der Waals surface area (Å²) in [6, 6.07) is 0. The monoisotopic (exact) mass is 107 g/mol. The van der Waals surface area contributed by atoms with Crippen LogP contribution < -0.4 is 5.53 Å². The van der Waals surface area contributed by atoms with Gasteiger partial charge in [-0.1, -0.05) is 0 Å². The molecule has 0 aliphatic rings. The molecular weight excluding hydrogens is 102 g/mol. The van der Waals surface area contributed by atoms with E-state index in [0.29, 0.717) is 0 Å². The van der Waals surface area contributed by atoms with Gasteiger partial charge in [0.25, 0.3) is 0 Å². The van der Waals surface area contributed by atoms with E-state index in [1.165, 1.54) is 5.53 Å². The van der Waals surface area contributed by atoms with E-state index in [2.05, 4.69) is 0 Å². The van der Waals surface area contributed by atoms with Crippen LogP contribution in [0.5, 0.6) is 0 Å². The van der Waals surface area contributed by atoms with Crippen molar-refractivity contribution in [2.45, 2.75) is 0 Å². The summed E-state index contributed by atoms with van der Waals surface area (Å²) >= 11 is 0. The predicted octanol–water partition coefficient (Wildman–Crippen LogP) is -0.975. The molecule has 0 saturated carbocycles. The quantitative estimate of drug-likeness (QED) is 0.441. The summed E-state index contributed by atoms with van der Waals surface area (Å²) in [5.41, 5.74) is 1.42. The molecule has 0 aromatic heterocycles. The zero-order chi connectivity index (χ0) is 5.86. The van der Waals surface area contributed by atoms with Gasteiger partial charge in [-0.3, -0.25) is 0 Å². The molecule has 0 unspecified atom stereocenters. The van der Waals surface area contributed by atoms with E-state index < -0.39 is 5.34 Å². The molecule has 0 aromatic rings. The molecule has 0 saturated heterocycles. The minimum Gasteiger partial charge on any atom is -0.771 e. The van der Waals surface area contributed by atoms with Crippen LogP contribution in [0, 0.1) is 10.4 Å². The van der Waals surface area contributed by atoms with Crippen molar-refractivity contribution in [2.24, 2.45) is 0 Å². The Kier molecular flexibility index (Phi) is 2.76. The molecule has 44 valence electrons. The van der Waals surface area contributed by atoms with E-state index in [-0.39, 0.29) is 5.17 Å². The van der Waals surface area contributed by atoms with Crippen molar-refractivity contribution in [2.75, 3.05) is 7.05 Å². The highest BCUT2D eigenvalue weighted by Crippen LogP contribution is 1.67. The fourth-order valence-electron chi connectivity index (χ4n) is 0.120. The Balaban J connectivity index is 2.95. The molecule has 7 heavy (non-hydrogen) atoms. The normalized spacial score (nSPS) is 11.1. The Hall–Kier alpha value is -0.240. The topological polar surface area (TPSA) is 84.9 Å². The van der Waals surface area contributed by atoms with Crippen LogP contribution in [-0.4, -0.2) is 22.8 Å². The summed E-state index contributed by atoms with van der Waals surface area (Å²) in [5.74, 6) is 0. The second kappa shape index (κ2) is 2.86. The van der Waals surface area contributed by atoms with Crippen molar-refractivity contribution in [3.8, 4) is 0 Å². The van der Waals surface area contributed by atoms with Crippen molar-refractivity contribution in [3.63, 3.8) is 0 Å². The van der Waals surface area contributed by atoms with Crippen LogP contribution in [-0.2, 0) is 0 Å². The van der Waals surface area contributed by atoms with Gasteiger partial charge >= 0.3 is 0 Å². The molecule has 0 amide bonds. The average molecular weight is 107 g/mol. The zero-order valence-corrected chi connectivity index (χ0v) is 3.66. The number of rotatable bonds is 2. The maximum absolute atomic E-state index is 9.66. The molecule has 0 bridgehead atoms. The lowest BCUT2D eigenvalue weighted by atomic mass is 11.5. The molecule has 0 aromatic carbocycles. The summed E-state index contributed by atoms with van der Waals surface area (Å²) in [4.78, 5) is 0. The van der Waals surface area contributed by atoms with Crippen LogP contribution >= 0.6 is 0 Å². The molecule has 0 rings (SSSR count). The number of hydrazine groups is 2. The second-order valence-corrected chi connectivity index (χ2v) is 0.870. The van der Waals surface area contributed by atoms with Crippen molar-refractivity contribution in [3.05, 3.63) is 10.4 Å². The number of nitrogens with one attached hydrogen (secondary N) is 1. The lowest BCUT2D eigenvalue weighted by Crippen LogP contribution is -2.39. The Morgan fingerprint density at radius 3 is 2.00 bits per heavy atom. The summed E-state index contributed by atoms with van der Waals surface area (Å²) < 4.78 is 0. The van der Waals surface area contributed by atoms with Gasteiger partial charge in [0, 0.05) is 0 Å². The Morgan fingerprint density at radius 1 is 1.57 bits per heavy atom. The van der Waals surface area contributed by atoms with Crippen molar-refractivity contribution >= 4 is 0 Å². The summed E-state index contributed by atoms with van der Waals surface area (Å²) in [6.45, 7) is 0. The first-order valence-corrected chi connectivity index (χ1v) is 1.46. The van der Waals surface area contributed by atoms with Crippen LogP contribution in [0.4, 0.5) is 0 Å². The van der Waals surface area contributed by atoms with Crippen molar-refractivity contribution in [1.29, 1.82) is 0 Å². The minimum atomic E-state index is -0.688. The Bertz CT molecular complexity index is 39.4. The maximum Gasteiger partial charge on any atom is -0.0107 e. The first-order valence-electron chi connectivity index (χ1n) is 1.46. The van der Waals surface area contributed by atoms with Crippen LogP contribution in [0.3, 0.4) is 0 Å². The highest BCUT2D eigenvalue weighted by molar-refractivity contribution is 4.32. The highest BCUT2D eigenvalue weighted by atomic mass is 16.8. The number of nitrogens with zero attached hydrogens (tertiary/aromatic N) is 2. The van der Waals surface area contributed by atoms with Gasteiger partial charge in [-0.05, 0) is 7.05 Å².